The highest BCUT2D eigenvalue weighted by Gasteiger charge is 2.11. The standard InChI is InChI=1S/C18H22N2O3/c1-3-4-12-23-16-11-10-14(13-17(16)22-2)18(21)20-19-15-8-6-5-7-9-15/h5-11,13,19H,3-4,12H2,1-2H3,(H,20,21). The lowest BCUT2D eigenvalue weighted by molar-refractivity contribution is 0.0962. The molecule has 2 N–H and O–H groups in total. The number of unbranched alkanes of at least 4 members (excludes halogenated alkanes) is 1. The first-order valence-electron chi connectivity index (χ1n) is 7.67. The van der Waals surface area contributed by atoms with Crippen LogP contribution in [0.15, 0.2) is 48.5 Å². The van der Waals surface area contributed by atoms with E-state index in [1.54, 1.807) is 25.3 Å². The van der Waals surface area contributed by atoms with Crippen LogP contribution in [-0.2, 0) is 0 Å². The van der Waals surface area contributed by atoms with E-state index in [4.69, 9.17) is 9.47 Å². The summed E-state index contributed by atoms with van der Waals surface area (Å²) in [5.41, 5.74) is 6.82. The Kier molecular flexibility index (Phi) is 6.29. The van der Waals surface area contributed by atoms with Crippen molar-refractivity contribution < 1.29 is 14.3 Å². The number of benzene rings is 2. The minimum Gasteiger partial charge on any atom is -0.493 e. The van der Waals surface area contributed by atoms with Crippen LogP contribution in [0.4, 0.5) is 5.69 Å². The van der Waals surface area contributed by atoms with Gasteiger partial charge in [0.2, 0.25) is 0 Å². The Morgan fingerprint density at radius 1 is 1.09 bits per heavy atom. The minimum absolute atomic E-state index is 0.243. The van der Waals surface area contributed by atoms with Gasteiger partial charge in [-0.1, -0.05) is 31.5 Å². The number of nitrogens with one attached hydrogen (secondary N) is 2. The zero-order valence-electron chi connectivity index (χ0n) is 13.5. The molecule has 0 fully saturated rings. The van der Waals surface area contributed by atoms with E-state index >= 15 is 0 Å². The number of anilines is 1. The van der Waals surface area contributed by atoms with Crippen LogP contribution in [0.2, 0.25) is 0 Å². The molecule has 0 atom stereocenters. The number of rotatable bonds is 8. The molecule has 0 aromatic heterocycles. The molecular weight excluding hydrogens is 292 g/mol. The highest BCUT2D eigenvalue weighted by Crippen LogP contribution is 2.28. The Balaban J connectivity index is 2.00. The van der Waals surface area contributed by atoms with E-state index in [1.165, 1.54) is 0 Å². The lowest BCUT2D eigenvalue weighted by Gasteiger charge is -2.12. The number of carbonyl (C=O) groups is 1. The van der Waals surface area contributed by atoms with Crippen molar-refractivity contribution in [2.45, 2.75) is 19.8 Å². The van der Waals surface area contributed by atoms with Crippen LogP contribution in [0.1, 0.15) is 30.1 Å². The van der Waals surface area contributed by atoms with E-state index in [1.807, 2.05) is 30.3 Å². The van der Waals surface area contributed by atoms with Gasteiger partial charge in [-0.05, 0) is 36.8 Å². The first-order chi connectivity index (χ1) is 11.2. The summed E-state index contributed by atoms with van der Waals surface area (Å²) < 4.78 is 11.0. The predicted molar refractivity (Wildman–Crippen MR) is 90.9 cm³/mol. The van der Waals surface area contributed by atoms with Crippen molar-refractivity contribution in [2.75, 3.05) is 19.1 Å². The van der Waals surface area contributed by atoms with Gasteiger partial charge >= 0.3 is 0 Å². The van der Waals surface area contributed by atoms with Gasteiger partial charge in [0, 0.05) is 5.56 Å². The van der Waals surface area contributed by atoms with Gasteiger partial charge in [0.05, 0.1) is 19.4 Å². The normalized spacial score (nSPS) is 10.0. The zero-order chi connectivity index (χ0) is 16.5. The Morgan fingerprint density at radius 2 is 1.87 bits per heavy atom. The van der Waals surface area contributed by atoms with Crippen LogP contribution in [0.25, 0.3) is 0 Å². The van der Waals surface area contributed by atoms with Crippen molar-refractivity contribution in [3.05, 3.63) is 54.1 Å². The summed E-state index contributed by atoms with van der Waals surface area (Å²) in [5, 5.41) is 0. The van der Waals surface area contributed by atoms with Crippen LogP contribution >= 0.6 is 0 Å². The topological polar surface area (TPSA) is 59.6 Å². The Hall–Kier alpha value is -2.69. The van der Waals surface area contributed by atoms with Gasteiger partial charge in [-0.2, -0.15) is 0 Å². The van der Waals surface area contributed by atoms with Crippen molar-refractivity contribution in [1.29, 1.82) is 0 Å². The molecule has 0 aliphatic carbocycles. The van der Waals surface area contributed by atoms with Gasteiger partial charge in [0.15, 0.2) is 11.5 Å². The number of carbonyl (C=O) groups excluding carboxylic acids is 1. The minimum atomic E-state index is -0.243. The summed E-state index contributed by atoms with van der Waals surface area (Å²) in [6.45, 7) is 2.74. The summed E-state index contributed by atoms with van der Waals surface area (Å²) in [6.07, 6.45) is 2.04. The maximum atomic E-state index is 12.2. The molecule has 0 unspecified atom stereocenters. The fourth-order valence-electron chi connectivity index (χ4n) is 1.98. The number of methoxy groups -OCH3 is 1. The van der Waals surface area contributed by atoms with Crippen LogP contribution in [0.5, 0.6) is 11.5 Å². The Bertz CT molecular complexity index is 629. The lowest BCUT2D eigenvalue weighted by Crippen LogP contribution is -2.29. The third kappa shape index (κ3) is 4.92. The number of hydrogen-bond donors (Lipinski definition) is 2. The van der Waals surface area contributed by atoms with Gasteiger partial charge in [0.1, 0.15) is 0 Å². The third-order valence-electron chi connectivity index (χ3n) is 3.28. The second-order valence-electron chi connectivity index (χ2n) is 5.01. The first-order valence-corrected chi connectivity index (χ1v) is 7.67. The molecule has 0 saturated carbocycles. The maximum Gasteiger partial charge on any atom is 0.269 e. The molecule has 0 saturated heterocycles. The molecule has 1 amide bonds. The van der Waals surface area contributed by atoms with E-state index < -0.39 is 0 Å². The summed E-state index contributed by atoms with van der Waals surface area (Å²) >= 11 is 0. The Morgan fingerprint density at radius 3 is 2.57 bits per heavy atom. The molecule has 2 aromatic carbocycles. The first kappa shape index (κ1) is 16.7. The molecule has 5 heteroatoms. The van der Waals surface area contributed by atoms with Gasteiger partial charge in [0.25, 0.3) is 5.91 Å². The average Bonchev–Trinajstić information content (AvgIpc) is 2.61. The number of para-hydroxylation sites is 1. The van der Waals surface area contributed by atoms with Crippen LogP contribution in [0.3, 0.4) is 0 Å². The summed E-state index contributed by atoms with van der Waals surface area (Å²) in [4.78, 5) is 12.2. The molecule has 0 bridgehead atoms. The summed E-state index contributed by atoms with van der Waals surface area (Å²) in [5.74, 6) is 0.953. The van der Waals surface area contributed by atoms with Gasteiger partial charge in [-0.3, -0.25) is 15.6 Å². The fraction of sp³-hybridized carbons (Fsp3) is 0.278. The van der Waals surface area contributed by atoms with E-state index in [0.717, 1.165) is 18.5 Å². The monoisotopic (exact) mass is 314 g/mol. The fourth-order valence-corrected chi connectivity index (χ4v) is 1.98. The molecular formula is C18H22N2O3. The molecule has 5 nitrogen and oxygen atoms in total. The highest BCUT2D eigenvalue weighted by molar-refractivity contribution is 5.95. The second-order valence-corrected chi connectivity index (χ2v) is 5.01. The average molecular weight is 314 g/mol. The quantitative estimate of drug-likeness (QED) is 0.577. The molecule has 0 aliphatic rings. The number of hydrogen-bond acceptors (Lipinski definition) is 4. The molecule has 2 aromatic rings. The molecule has 0 heterocycles. The van der Waals surface area contributed by atoms with E-state index in [0.29, 0.717) is 23.7 Å². The van der Waals surface area contributed by atoms with Crippen LogP contribution < -0.4 is 20.3 Å². The summed E-state index contributed by atoms with van der Waals surface area (Å²) in [7, 11) is 1.56. The van der Waals surface area contributed by atoms with Crippen molar-refractivity contribution in [1.82, 2.24) is 5.43 Å². The molecule has 2 rings (SSSR count). The van der Waals surface area contributed by atoms with E-state index in [-0.39, 0.29) is 5.91 Å². The predicted octanol–water partition coefficient (Wildman–Crippen LogP) is 3.63. The molecule has 0 radical (unpaired) electrons. The van der Waals surface area contributed by atoms with Crippen molar-refractivity contribution in [3.8, 4) is 11.5 Å². The molecule has 122 valence electrons. The smallest absolute Gasteiger partial charge is 0.269 e. The molecule has 23 heavy (non-hydrogen) atoms. The molecule has 0 spiro atoms. The SMILES string of the molecule is CCCCOc1ccc(C(=O)NNc2ccccc2)cc1OC. The highest BCUT2D eigenvalue weighted by atomic mass is 16.5. The summed E-state index contributed by atoms with van der Waals surface area (Å²) in [6, 6.07) is 14.6. The Labute approximate surface area is 136 Å². The van der Waals surface area contributed by atoms with Gasteiger partial charge in [-0.15, -0.1) is 0 Å². The van der Waals surface area contributed by atoms with Crippen molar-refractivity contribution in [3.63, 3.8) is 0 Å². The largest absolute Gasteiger partial charge is 0.493 e. The maximum absolute atomic E-state index is 12.2. The number of amides is 1. The van der Waals surface area contributed by atoms with Gasteiger partial charge in [-0.25, -0.2) is 0 Å². The lowest BCUT2D eigenvalue weighted by atomic mass is 10.2. The number of ether oxygens (including phenoxy) is 2. The molecule has 0 aliphatic heterocycles. The second kappa shape index (κ2) is 8.68. The van der Waals surface area contributed by atoms with Crippen LogP contribution in [-0.4, -0.2) is 19.6 Å². The van der Waals surface area contributed by atoms with Crippen LogP contribution in [0, 0.1) is 0 Å². The number of hydrazine groups is 1. The van der Waals surface area contributed by atoms with E-state index in [9.17, 15) is 4.79 Å². The third-order valence-corrected chi connectivity index (χ3v) is 3.28. The zero-order valence-corrected chi connectivity index (χ0v) is 13.5. The van der Waals surface area contributed by atoms with Crippen molar-refractivity contribution >= 4 is 11.6 Å². The van der Waals surface area contributed by atoms with E-state index in [2.05, 4.69) is 17.8 Å². The van der Waals surface area contributed by atoms with Gasteiger partial charge < -0.3 is 9.47 Å². The van der Waals surface area contributed by atoms with Crippen molar-refractivity contribution in [2.24, 2.45) is 0 Å².